The molecule has 0 fully saturated rings. The van der Waals surface area contributed by atoms with Crippen molar-refractivity contribution >= 4 is 11.9 Å². The molecule has 1 aromatic heterocycles. The third-order valence-electron chi connectivity index (χ3n) is 2.08. The normalized spacial score (nSPS) is 11.1. The van der Waals surface area contributed by atoms with Crippen molar-refractivity contribution < 1.29 is 27.9 Å². The molecule has 9 heteroatoms. The quantitative estimate of drug-likeness (QED) is 0.750. The molecule has 1 aromatic rings. The van der Waals surface area contributed by atoms with Crippen LogP contribution in [0.2, 0.25) is 0 Å². The van der Waals surface area contributed by atoms with Gasteiger partial charge in [-0.2, -0.15) is 13.2 Å². The number of alkyl halides is 3. The van der Waals surface area contributed by atoms with Gasteiger partial charge in [-0.1, -0.05) is 0 Å². The van der Waals surface area contributed by atoms with Crippen LogP contribution in [0, 0.1) is 0 Å². The molecular weight excluding hydrogens is 269 g/mol. The Bertz CT molecular complexity index is 550. The van der Waals surface area contributed by atoms with E-state index in [1.54, 1.807) is 0 Å². The van der Waals surface area contributed by atoms with Crippen LogP contribution in [0.5, 0.6) is 0 Å². The lowest BCUT2D eigenvalue weighted by molar-refractivity contribution is -0.141. The zero-order valence-electron chi connectivity index (χ0n) is 9.37. The SMILES string of the molecule is O=C(O)CCNC(=O)c1ccc(C(F)(F)F)[nH]c1=O. The number of aromatic nitrogens is 1. The molecule has 0 radical (unpaired) electrons. The molecule has 0 aliphatic rings. The molecule has 0 spiro atoms. The van der Waals surface area contributed by atoms with Crippen molar-refractivity contribution in [2.24, 2.45) is 0 Å². The summed E-state index contributed by atoms with van der Waals surface area (Å²) in [7, 11) is 0. The molecule has 1 rings (SSSR count). The molecule has 0 aromatic carbocycles. The number of rotatable bonds is 4. The number of hydrogen-bond acceptors (Lipinski definition) is 3. The predicted molar refractivity (Wildman–Crippen MR) is 56.7 cm³/mol. The van der Waals surface area contributed by atoms with Crippen LogP contribution in [-0.2, 0) is 11.0 Å². The van der Waals surface area contributed by atoms with Crippen molar-refractivity contribution in [2.75, 3.05) is 6.54 Å². The van der Waals surface area contributed by atoms with E-state index in [0.29, 0.717) is 6.07 Å². The van der Waals surface area contributed by atoms with E-state index in [2.05, 4.69) is 5.32 Å². The average Bonchev–Trinajstić information content (AvgIpc) is 2.26. The van der Waals surface area contributed by atoms with Crippen molar-refractivity contribution in [3.05, 3.63) is 33.7 Å². The number of H-pyrrole nitrogens is 1. The number of carbonyl (C=O) groups excluding carboxylic acids is 1. The van der Waals surface area contributed by atoms with Crippen LogP contribution >= 0.6 is 0 Å². The molecular formula is C10H9F3N2O4. The van der Waals surface area contributed by atoms with Crippen LogP contribution in [0.4, 0.5) is 13.2 Å². The number of nitrogens with one attached hydrogen (secondary N) is 2. The van der Waals surface area contributed by atoms with E-state index in [9.17, 15) is 27.6 Å². The van der Waals surface area contributed by atoms with Crippen molar-refractivity contribution in [1.29, 1.82) is 0 Å². The van der Waals surface area contributed by atoms with E-state index < -0.39 is 34.9 Å². The van der Waals surface area contributed by atoms with E-state index in [0.717, 1.165) is 6.07 Å². The number of pyridine rings is 1. The summed E-state index contributed by atoms with van der Waals surface area (Å²) >= 11 is 0. The van der Waals surface area contributed by atoms with Gasteiger partial charge < -0.3 is 15.4 Å². The Balaban J connectivity index is 2.83. The minimum Gasteiger partial charge on any atom is -0.481 e. The Labute approximate surface area is 104 Å². The summed E-state index contributed by atoms with van der Waals surface area (Å²) in [6, 6.07) is 1.30. The van der Waals surface area contributed by atoms with Gasteiger partial charge in [-0.25, -0.2) is 0 Å². The highest BCUT2D eigenvalue weighted by Crippen LogP contribution is 2.26. The van der Waals surface area contributed by atoms with E-state index in [1.807, 2.05) is 0 Å². The molecule has 0 aliphatic heterocycles. The standard InChI is InChI=1S/C10H9F3N2O4/c11-10(12,13)6-2-1-5(9(19)15-6)8(18)14-4-3-7(16)17/h1-2H,3-4H2,(H,14,18)(H,15,19)(H,16,17). The van der Waals surface area contributed by atoms with Gasteiger partial charge in [0.25, 0.3) is 11.5 Å². The van der Waals surface area contributed by atoms with Crippen LogP contribution in [0.25, 0.3) is 0 Å². The third-order valence-corrected chi connectivity index (χ3v) is 2.08. The Morgan fingerprint density at radius 3 is 2.42 bits per heavy atom. The molecule has 0 aliphatic carbocycles. The topological polar surface area (TPSA) is 99.3 Å². The first-order valence-electron chi connectivity index (χ1n) is 5.02. The second-order valence-electron chi connectivity index (χ2n) is 3.51. The van der Waals surface area contributed by atoms with Crippen LogP contribution in [0.3, 0.4) is 0 Å². The molecule has 1 heterocycles. The fourth-order valence-electron chi connectivity index (χ4n) is 1.20. The van der Waals surface area contributed by atoms with Crippen LogP contribution < -0.4 is 10.9 Å². The van der Waals surface area contributed by atoms with Gasteiger partial charge in [0.15, 0.2) is 0 Å². The first-order valence-corrected chi connectivity index (χ1v) is 5.02. The zero-order valence-corrected chi connectivity index (χ0v) is 9.37. The summed E-state index contributed by atoms with van der Waals surface area (Å²) in [4.78, 5) is 34.4. The molecule has 104 valence electrons. The van der Waals surface area contributed by atoms with Gasteiger partial charge >= 0.3 is 12.1 Å². The van der Waals surface area contributed by atoms with E-state index >= 15 is 0 Å². The lowest BCUT2D eigenvalue weighted by Gasteiger charge is -2.07. The second-order valence-corrected chi connectivity index (χ2v) is 3.51. The molecule has 0 atom stereocenters. The van der Waals surface area contributed by atoms with Gasteiger partial charge in [-0.05, 0) is 12.1 Å². The lowest BCUT2D eigenvalue weighted by atomic mass is 10.2. The number of hydrogen-bond donors (Lipinski definition) is 3. The molecule has 19 heavy (non-hydrogen) atoms. The van der Waals surface area contributed by atoms with Crippen LogP contribution in [-0.4, -0.2) is 28.5 Å². The Morgan fingerprint density at radius 2 is 1.95 bits per heavy atom. The number of aliphatic carboxylic acids is 1. The van der Waals surface area contributed by atoms with Crippen molar-refractivity contribution in [3.8, 4) is 0 Å². The van der Waals surface area contributed by atoms with Crippen molar-refractivity contribution in [3.63, 3.8) is 0 Å². The average molecular weight is 278 g/mol. The fraction of sp³-hybridized carbons (Fsp3) is 0.300. The molecule has 3 N–H and O–H groups in total. The summed E-state index contributed by atoms with van der Waals surface area (Å²) in [6.45, 7) is -0.228. The maximum Gasteiger partial charge on any atom is 0.431 e. The minimum absolute atomic E-state index is 0.228. The Kier molecular flexibility index (Phi) is 4.30. The summed E-state index contributed by atoms with van der Waals surface area (Å²) in [6.07, 6.45) is -5.07. The van der Waals surface area contributed by atoms with Gasteiger partial charge in [0.05, 0.1) is 6.42 Å². The molecule has 0 unspecified atom stereocenters. The third kappa shape index (κ3) is 4.12. The Hall–Kier alpha value is -2.32. The van der Waals surface area contributed by atoms with Gasteiger partial charge in [-0.3, -0.25) is 14.4 Å². The zero-order chi connectivity index (χ0) is 14.6. The first kappa shape index (κ1) is 14.7. The van der Waals surface area contributed by atoms with Crippen molar-refractivity contribution in [2.45, 2.75) is 12.6 Å². The summed E-state index contributed by atoms with van der Waals surface area (Å²) in [5.74, 6) is -2.09. The second kappa shape index (κ2) is 5.55. The number of aromatic amines is 1. The van der Waals surface area contributed by atoms with Crippen LogP contribution in [0.15, 0.2) is 16.9 Å². The largest absolute Gasteiger partial charge is 0.481 e. The van der Waals surface area contributed by atoms with Crippen molar-refractivity contribution in [1.82, 2.24) is 10.3 Å². The summed E-state index contributed by atoms with van der Waals surface area (Å²) in [5, 5.41) is 10.4. The lowest BCUT2D eigenvalue weighted by Crippen LogP contribution is -2.32. The van der Waals surface area contributed by atoms with Gasteiger partial charge in [0.2, 0.25) is 0 Å². The summed E-state index contributed by atoms with van der Waals surface area (Å²) in [5.41, 5.74) is -2.97. The van der Waals surface area contributed by atoms with E-state index in [-0.39, 0.29) is 13.0 Å². The fourth-order valence-corrected chi connectivity index (χ4v) is 1.20. The van der Waals surface area contributed by atoms with Gasteiger partial charge in [0.1, 0.15) is 11.3 Å². The first-order chi connectivity index (χ1) is 8.71. The van der Waals surface area contributed by atoms with E-state index in [4.69, 9.17) is 5.11 Å². The molecule has 6 nitrogen and oxygen atoms in total. The maximum absolute atomic E-state index is 12.3. The minimum atomic E-state index is -4.71. The smallest absolute Gasteiger partial charge is 0.431 e. The van der Waals surface area contributed by atoms with Gasteiger partial charge in [-0.15, -0.1) is 0 Å². The molecule has 0 bridgehead atoms. The highest BCUT2D eigenvalue weighted by atomic mass is 19.4. The van der Waals surface area contributed by atoms with E-state index in [1.165, 1.54) is 4.98 Å². The summed E-state index contributed by atoms with van der Waals surface area (Å²) < 4.78 is 36.8. The highest BCUT2D eigenvalue weighted by Gasteiger charge is 2.32. The number of amides is 1. The number of carbonyl (C=O) groups is 2. The van der Waals surface area contributed by atoms with Crippen LogP contribution in [0.1, 0.15) is 22.5 Å². The maximum atomic E-state index is 12.3. The predicted octanol–water partition coefficient (Wildman–Crippen LogP) is 0.598. The molecule has 1 amide bonds. The highest BCUT2D eigenvalue weighted by molar-refractivity contribution is 5.93. The monoisotopic (exact) mass is 278 g/mol. The number of carboxylic acid groups (broad SMARTS) is 1. The number of carboxylic acids is 1. The molecule has 0 saturated heterocycles. The number of halogens is 3. The van der Waals surface area contributed by atoms with Gasteiger partial charge in [0, 0.05) is 6.54 Å². The molecule has 0 saturated carbocycles. The Morgan fingerprint density at radius 1 is 1.32 bits per heavy atom.